The number of nitrogens with one attached hydrogen (secondary N) is 3. The number of methoxy groups -OCH3 is 1. The van der Waals surface area contributed by atoms with Gasteiger partial charge in [0.15, 0.2) is 5.96 Å². The van der Waals surface area contributed by atoms with Crippen LogP contribution in [0.1, 0.15) is 24.8 Å². The summed E-state index contributed by atoms with van der Waals surface area (Å²) < 4.78 is 5.12. The van der Waals surface area contributed by atoms with Gasteiger partial charge in [-0.15, -0.1) is 24.0 Å². The first-order valence-electron chi connectivity index (χ1n) is 9.28. The molecule has 0 radical (unpaired) electrons. The smallest absolute Gasteiger partial charge is 0.239 e. The minimum absolute atomic E-state index is 0. The number of benzene rings is 1. The molecule has 1 aliphatic heterocycles. The second-order valence-corrected chi connectivity index (χ2v) is 6.38. The monoisotopic (exact) mass is 489 g/mol. The van der Waals surface area contributed by atoms with Gasteiger partial charge in [0.25, 0.3) is 0 Å². The summed E-state index contributed by atoms with van der Waals surface area (Å²) >= 11 is 0. The molecular formula is C19H32IN5O2. The van der Waals surface area contributed by atoms with Crippen LogP contribution < -0.4 is 20.7 Å². The van der Waals surface area contributed by atoms with E-state index in [2.05, 4.69) is 25.8 Å². The summed E-state index contributed by atoms with van der Waals surface area (Å²) in [6.07, 6.45) is 3.93. The Morgan fingerprint density at radius 1 is 1.11 bits per heavy atom. The summed E-state index contributed by atoms with van der Waals surface area (Å²) in [5.41, 5.74) is 1.03. The number of halogens is 1. The molecule has 0 saturated carbocycles. The number of ether oxygens (including phenoxy) is 1. The van der Waals surface area contributed by atoms with Crippen LogP contribution in [0, 0.1) is 0 Å². The predicted molar refractivity (Wildman–Crippen MR) is 120 cm³/mol. The first-order chi connectivity index (χ1) is 12.7. The zero-order valence-corrected chi connectivity index (χ0v) is 18.6. The Balaban J connectivity index is 0.00000364. The standard InChI is InChI=1S/C19H31N5O2.HI/c1-20-19(21-10-13-24-11-4-3-5-12-24)23-15-18(25)22-14-16-6-8-17(26-2)9-7-16;/h6-9H,3-5,10-15H2,1-2H3,(H,22,25)(H2,20,21,23);1H. The number of aliphatic imine (C=N–C) groups is 1. The van der Waals surface area contributed by atoms with Gasteiger partial charge in [0, 0.05) is 26.7 Å². The molecular weight excluding hydrogens is 457 g/mol. The van der Waals surface area contributed by atoms with E-state index in [1.807, 2.05) is 24.3 Å². The van der Waals surface area contributed by atoms with E-state index in [4.69, 9.17) is 4.74 Å². The highest BCUT2D eigenvalue weighted by molar-refractivity contribution is 14.0. The first kappa shape index (κ1) is 23.5. The van der Waals surface area contributed by atoms with Crippen LogP contribution in [-0.2, 0) is 11.3 Å². The number of likely N-dealkylation sites (tertiary alicyclic amines) is 1. The number of hydrogen-bond donors (Lipinski definition) is 3. The van der Waals surface area contributed by atoms with Crippen LogP contribution in [0.3, 0.4) is 0 Å². The van der Waals surface area contributed by atoms with Gasteiger partial charge in [0.1, 0.15) is 5.75 Å². The fourth-order valence-corrected chi connectivity index (χ4v) is 2.91. The van der Waals surface area contributed by atoms with E-state index in [0.717, 1.165) is 24.4 Å². The average Bonchev–Trinajstić information content (AvgIpc) is 2.70. The predicted octanol–water partition coefficient (Wildman–Crippen LogP) is 1.58. The molecule has 2 rings (SSSR count). The molecule has 3 N–H and O–H groups in total. The van der Waals surface area contributed by atoms with Crippen molar-refractivity contribution in [1.82, 2.24) is 20.9 Å². The van der Waals surface area contributed by atoms with Crippen molar-refractivity contribution < 1.29 is 9.53 Å². The molecule has 0 unspecified atom stereocenters. The van der Waals surface area contributed by atoms with Crippen molar-refractivity contribution in [2.45, 2.75) is 25.8 Å². The highest BCUT2D eigenvalue weighted by Crippen LogP contribution is 2.10. The van der Waals surface area contributed by atoms with Gasteiger partial charge in [0.2, 0.25) is 5.91 Å². The molecule has 0 aliphatic carbocycles. The summed E-state index contributed by atoms with van der Waals surface area (Å²) in [5, 5.41) is 9.20. The van der Waals surface area contributed by atoms with Gasteiger partial charge in [-0.1, -0.05) is 18.6 Å². The van der Waals surface area contributed by atoms with Crippen LogP contribution in [0.25, 0.3) is 0 Å². The lowest BCUT2D eigenvalue weighted by molar-refractivity contribution is -0.120. The SMILES string of the molecule is CN=C(NCCN1CCCCC1)NCC(=O)NCc1ccc(OC)cc1.I. The van der Waals surface area contributed by atoms with Gasteiger partial charge in [-0.25, -0.2) is 0 Å². The molecule has 1 aromatic rings. The normalized spacial score (nSPS) is 14.8. The highest BCUT2D eigenvalue weighted by atomic mass is 127. The van der Waals surface area contributed by atoms with Crippen molar-refractivity contribution >= 4 is 35.8 Å². The third kappa shape index (κ3) is 9.28. The highest BCUT2D eigenvalue weighted by Gasteiger charge is 2.09. The van der Waals surface area contributed by atoms with Crippen molar-refractivity contribution in [3.05, 3.63) is 29.8 Å². The third-order valence-corrected chi connectivity index (χ3v) is 4.46. The number of piperidine rings is 1. The maximum absolute atomic E-state index is 12.0. The molecule has 1 fully saturated rings. The number of hydrogen-bond acceptors (Lipinski definition) is 4. The Labute approximate surface area is 179 Å². The summed E-state index contributed by atoms with van der Waals surface area (Å²) in [4.78, 5) is 18.6. The van der Waals surface area contributed by atoms with Crippen molar-refractivity contribution in [1.29, 1.82) is 0 Å². The quantitative estimate of drug-likeness (QED) is 0.294. The van der Waals surface area contributed by atoms with Gasteiger partial charge in [0.05, 0.1) is 13.7 Å². The number of guanidine groups is 1. The van der Waals surface area contributed by atoms with Gasteiger partial charge in [-0.2, -0.15) is 0 Å². The Morgan fingerprint density at radius 3 is 2.44 bits per heavy atom. The molecule has 8 heteroatoms. The van der Waals surface area contributed by atoms with Crippen LogP contribution in [0.15, 0.2) is 29.3 Å². The van der Waals surface area contributed by atoms with Crippen molar-refractivity contribution in [2.24, 2.45) is 4.99 Å². The first-order valence-corrected chi connectivity index (χ1v) is 9.28. The van der Waals surface area contributed by atoms with Crippen LogP contribution in [0.2, 0.25) is 0 Å². The van der Waals surface area contributed by atoms with Crippen molar-refractivity contribution in [2.75, 3.05) is 46.9 Å². The summed E-state index contributed by atoms with van der Waals surface area (Å²) in [6.45, 7) is 4.88. The lowest BCUT2D eigenvalue weighted by atomic mass is 10.1. The van der Waals surface area contributed by atoms with E-state index in [1.165, 1.54) is 32.4 Å². The van der Waals surface area contributed by atoms with Gasteiger partial charge < -0.3 is 25.6 Å². The van der Waals surface area contributed by atoms with E-state index in [0.29, 0.717) is 12.5 Å². The Hall–Kier alpha value is -1.55. The molecule has 0 atom stereocenters. The number of carbonyl (C=O) groups excluding carboxylic acids is 1. The molecule has 1 aromatic carbocycles. The second kappa shape index (κ2) is 13.6. The number of nitrogens with zero attached hydrogens (tertiary/aromatic N) is 2. The third-order valence-electron chi connectivity index (χ3n) is 4.46. The van der Waals surface area contributed by atoms with Crippen LogP contribution in [0.5, 0.6) is 5.75 Å². The molecule has 1 saturated heterocycles. The molecule has 7 nitrogen and oxygen atoms in total. The van der Waals surface area contributed by atoms with Crippen LogP contribution in [0.4, 0.5) is 0 Å². The summed E-state index contributed by atoms with van der Waals surface area (Å²) in [5.74, 6) is 1.39. The fraction of sp³-hybridized carbons (Fsp3) is 0.579. The largest absolute Gasteiger partial charge is 0.497 e. The van der Waals surface area contributed by atoms with Crippen LogP contribution in [-0.4, -0.2) is 63.6 Å². The summed E-state index contributed by atoms with van der Waals surface area (Å²) in [7, 11) is 3.35. The minimum atomic E-state index is -0.0696. The lowest BCUT2D eigenvalue weighted by Crippen LogP contribution is -2.45. The lowest BCUT2D eigenvalue weighted by Gasteiger charge is -2.26. The molecule has 1 heterocycles. The van der Waals surface area contributed by atoms with E-state index < -0.39 is 0 Å². The Morgan fingerprint density at radius 2 is 1.81 bits per heavy atom. The average molecular weight is 489 g/mol. The molecule has 0 spiro atoms. The maximum Gasteiger partial charge on any atom is 0.239 e. The Kier molecular flexibility index (Phi) is 11.8. The number of amides is 1. The Bertz CT molecular complexity index is 574. The van der Waals surface area contributed by atoms with E-state index in [1.54, 1.807) is 14.2 Å². The van der Waals surface area contributed by atoms with Gasteiger partial charge in [-0.3, -0.25) is 9.79 Å². The fourth-order valence-electron chi connectivity index (χ4n) is 2.91. The van der Waals surface area contributed by atoms with E-state index >= 15 is 0 Å². The van der Waals surface area contributed by atoms with Gasteiger partial charge in [-0.05, 0) is 43.6 Å². The van der Waals surface area contributed by atoms with Crippen molar-refractivity contribution in [3.63, 3.8) is 0 Å². The molecule has 1 amide bonds. The number of rotatable bonds is 8. The minimum Gasteiger partial charge on any atom is -0.497 e. The van der Waals surface area contributed by atoms with E-state index in [9.17, 15) is 4.79 Å². The zero-order valence-electron chi connectivity index (χ0n) is 16.3. The molecule has 27 heavy (non-hydrogen) atoms. The molecule has 0 bridgehead atoms. The maximum atomic E-state index is 12.0. The molecule has 1 aliphatic rings. The molecule has 0 aromatic heterocycles. The van der Waals surface area contributed by atoms with Gasteiger partial charge >= 0.3 is 0 Å². The summed E-state index contributed by atoms with van der Waals surface area (Å²) in [6, 6.07) is 7.64. The van der Waals surface area contributed by atoms with Crippen LogP contribution >= 0.6 is 24.0 Å². The topological polar surface area (TPSA) is 78.0 Å². The second-order valence-electron chi connectivity index (χ2n) is 6.38. The van der Waals surface area contributed by atoms with E-state index in [-0.39, 0.29) is 36.4 Å². The zero-order chi connectivity index (χ0) is 18.6. The number of carbonyl (C=O) groups is 1. The van der Waals surface area contributed by atoms with Crippen molar-refractivity contribution in [3.8, 4) is 5.75 Å². The molecule has 152 valence electrons.